The summed E-state index contributed by atoms with van der Waals surface area (Å²) in [4.78, 5) is 11.4. The molecule has 0 aliphatic heterocycles. The van der Waals surface area contributed by atoms with Crippen LogP contribution in [0.2, 0.25) is 0 Å². The zero-order valence-corrected chi connectivity index (χ0v) is 9.97. The lowest BCUT2D eigenvalue weighted by molar-refractivity contribution is -0.139. The monoisotopic (exact) mass is 240 g/mol. The highest BCUT2D eigenvalue weighted by Crippen LogP contribution is 2.30. The minimum atomic E-state index is -0.259. The van der Waals surface area contributed by atoms with Gasteiger partial charge in [-0.1, -0.05) is 30.3 Å². The fraction of sp³-hybridized carbons (Fsp3) is 0.133. The SMILES string of the molecule is COC(=O)Cc1coc2ccc3ccccc3c12. The standard InChI is InChI=1S/C15H12O3/c1-17-14(16)8-11-9-18-13-7-6-10-4-2-3-5-12(10)15(11)13/h2-7,9H,8H2,1H3. The Morgan fingerprint density at radius 2 is 2.06 bits per heavy atom. The summed E-state index contributed by atoms with van der Waals surface area (Å²) in [6.45, 7) is 0. The van der Waals surface area contributed by atoms with Crippen LogP contribution >= 0.6 is 0 Å². The van der Waals surface area contributed by atoms with E-state index in [-0.39, 0.29) is 12.4 Å². The number of carbonyl (C=O) groups is 1. The second-order valence-electron chi connectivity index (χ2n) is 4.17. The minimum absolute atomic E-state index is 0.234. The third-order valence-corrected chi connectivity index (χ3v) is 3.10. The first-order valence-corrected chi connectivity index (χ1v) is 5.74. The van der Waals surface area contributed by atoms with Crippen molar-refractivity contribution in [2.75, 3.05) is 7.11 Å². The van der Waals surface area contributed by atoms with Crippen LogP contribution in [0.3, 0.4) is 0 Å². The predicted molar refractivity (Wildman–Crippen MR) is 69.4 cm³/mol. The first-order valence-electron chi connectivity index (χ1n) is 5.74. The van der Waals surface area contributed by atoms with Crippen LogP contribution in [-0.4, -0.2) is 13.1 Å². The first kappa shape index (κ1) is 10.8. The number of carbonyl (C=O) groups excluding carboxylic acids is 1. The van der Waals surface area contributed by atoms with Crippen molar-refractivity contribution in [2.24, 2.45) is 0 Å². The van der Waals surface area contributed by atoms with E-state index in [1.54, 1.807) is 6.26 Å². The second-order valence-corrected chi connectivity index (χ2v) is 4.17. The van der Waals surface area contributed by atoms with Crippen molar-refractivity contribution in [2.45, 2.75) is 6.42 Å². The molecule has 3 heteroatoms. The summed E-state index contributed by atoms with van der Waals surface area (Å²) < 4.78 is 10.2. The van der Waals surface area contributed by atoms with E-state index in [0.29, 0.717) is 0 Å². The van der Waals surface area contributed by atoms with Crippen molar-refractivity contribution in [1.82, 2.24) is 0 Å². The van der Waals surface area contributed by atoms with Crippen LogP contribution < -0.4 is 0 Å². The van der Waals surface area contributed by atoms with E-state index in [2.05, 4.69) is 0 Å². The van der Waals surface area contributed by atoms with E-state index in [1.165, 1.54) is 7.11 Å². The van der Waals surface area contributed by atoms with Gasteiger partial charge < -0.3 is 9.15 Å². The highest BCUT2D eigenvalue weighted by molar-refractivity contribution is 6.08. The number of fused-ring (bicyclic) bond motifs is 3. The van der Waals surface area contributed by atoms with Crippen LogP contribution in [0.4, 0.5) is 0 Å². The van der Waals surface area contributed by atoms with Gasteiger partial charge in [-0.25, -0.2) is 0 Å². The molecule has 0 spiro atoms. The van der Waals surface area contributed by atoms with Gasteiger partial charge >= 0.3 is 5.97 Å². The topological polar surface area (TPSA) is 39.4 Å². The molecule has 0 saturated heterocycles. The van der Waals surface area contributed by atoms with Gasteiger partial charge in [0.25, 0.3) is 0 Å². The lowest BCUT2D eigenvalue weighted by atomic mass is 10.0. The summed E-state index contributed by atoms with van der Waals surface area (Å²) in [6, 6.07) is 12.0. The van der Waals surface area contributed by atoms with Gasteiger partial charge in [0, 0.05) is 10.9 Å². The van der Waals surface area contributed by atoms with Gasteiger partial charge in [0.1, 0.15) is 5.58 Å². The van der Waals surface area contributed by atoms with Gasteiger partial charge in [-0.2, -0.15) is 0 Å². The maximum atomic E-state index is 11.4. The molecule has 0 aliphatic carbocycles. The second kappa shape index (κ2) is 4.18. The summed E-state index contributed by atoms with van der Waals surface area (Å²) in [6.07, 6.45) is 1.87. The highest BCUT2D eigenvalue weighted by Gasteiger charge is 2.12. The normalized spacial score (nSPS) is 10.9. The number of ether oxygens (including phenoxy) is 1. The van der Waals surface area contributed by atoms with E-state index in [9.17, 15) is 4.79 Å². The van der Waals surface area contributed by atoms with Crippen molar-refractivity contribution < 1.29 is 13.9 Å². The smallest absolute Gasteiger partial charge is 0.310 e. The number of benzene rings is 2. The quantitative estimate of drug-likeness (QED) is 0.645. The molecule has 3 rings (SSSR count). The van der Waals surface area contributed by atoms with E-state index in [0.717, 1.165) is 27.3 Å². The Hall–Kier alpha value is -2.29. The van der Waals surface area contributed by atoms with Crippen LogP contribution in [0, 0.1) is 0 Å². The van der Waals surface area contributed by atoms with Gasteiger partial charge in [-0.15, -0.1) is 0 Å². The summed E-state index contributed by atoms with van der Waals surface area (Å²) in [5, 5.41) is 3.23. The molecule has 0 radical (unpaired) electrons. The molecule has 0 N–H and O–H groups in total. The van der Waals surface area contributed by atoms with Gasteiger partial charge in [-0.3, -0.25) is 4.79 Å². The molecular weight excluding hydrogens is 228 g/mol. The summed E-state index contributed by atoms with van der Waals surface area (Å²) in [5.41, 5.74) is 1.67. The molecule has 90 valence electrons. The third-order valence-electron chi connectivity index (χ3n) is 3.10. The van der Waals surface area contributed by atoms with E-state index >= 15 is 0 Å². The molecule has 2 aromatic carbocycles. The Kier molecular flexibility index (Phi) is 2.52. The Labute approximate surface area is 104 Å². The minimum Gasteiger partial charge on any atom is -0.469 e. The Balaban J connectivity index is 2.27. The molecule has 0 bridgehead atoms. The van der Waals surface area contributed by atoms with Crippen LogP contribution in [-0.2, 0) is 16.0 Å². The molecule has 3 aromatic rings. The van der Waals surface area contributed by atoms with Crippen molar-refractivity contribution in [3.8, 4) is 0 Å². The lowest BCUT2D eigenvalue weighted by Crippen LogP contribution is -2.03. The fourth-order valence-electron chi connectivity index (χ4n) is 2.23. The van der Waals surface area contributed by atoms with Crippen molar-refractivity contribution >= 4 is 27.7 Å². The van der Waals surface area contributed by atoms with Gasteiger partial charge in [0.05, 0.1) is 19.8 Å². The van der Waals surface area contributed by atoms with Crippen LogP contribution in [0.1, 0.15) is 5.56 Å². The maximum Gasteiger partial charge on any atom is 0.310 e. The molecule has 0 atom stereocenters. The summed E-state index contributed by atoms with van der Waals surface area (Å²) >= 11 is 0. The molecule has 1 heterocycles. The number of esters is 1. The molecule has 18 heavy (non-hydrogen) atoms. The highest BCUT2D eigenvalue weighted by atomic mass is 16.5. The van der Waals surface area contributed by atoms with E-state index in [1.807, 2.05) is 36.4 Å². The van der Waals surface area contributed by atoms with Gasteiger partial charge in [0.15, 0.2) is 0 Å². The van der Waals surface area contributed by atoms with Crippen LogP contribution in [0.5, 0.6) is 0 Å². The first-order chi connectivity index (χ1) is 8.79. The number of furan rings is 1. The zero-order valence-electron chi connectivity index (χ0n) is 9.97. The molecule has 0 aliphatic rings. The molecule has 0 unspecified atom stereocenters. The molecule has 0 saturated carbocycles. The number of hydrogen-bond acceptors (Lipinski definition) is 3. The Morgan fingerprint density at radius 1 is 1.22 bits per heavy atom. The van der Waals surface area contributed by atoms with E-state index in [4.69, 9.17) is 9.15 Å². The third kappa shape index (κ3) is 1.64. The number of methoxy groups -OCH3 is 1. The molecule has 0 fully saturated rings. The average molecular weight is 240 g/mol. The summed E-state index contributed by atoms with van der Waals surface area (Å²) in [7, 11) is 1.39. The Bertz CT molecular complexity index is 725. The average Bonchev–Trinajstić information content (AvgIpc) is 2.82. The number of hydrogen-bond donors (Lipinski definition) is 0. The summed E-state index contributed by atoms with van der Waals surface area (Å²) in [5.74, 6) is -0.259. The lowest BCUT2D eigenvalue weighted by Gasteiger charge is -2.01. The fourth-order valence-corrected chi connectivity index (χ4v) is 2.23. The molecular formula is C15H12O3. The van der Waals surface area contributed by atoms with Gasteiger partial charge in [0.2, 0.25) is 0 Å². The van der Waals surface area contributed by atoms with Crippen LogP contribution in [0.25, 0.3) is 21.7 Å². The molecule has 1 aromatic heterocycles. The predicted octanol–water partition coefficient (Wildman–Crippen LogP) is 3.30. The molecule has 0 amide bonds. The van der Waals surface area contributed by atoms with E-state index < -0.39 is 0 Å². The zero-order chi connectivity index (χ0) is 12.5. The van der Waals surface area contributed by atoms with Crippen molar-refractivity contribution in [3.63, 3.8) is 0 Å². The van der Waals surface area contributed by atoms with Crippen molar-refractivity contribution in [3.05, 3.63) is 48.2 Å². The van der Waals surface area contributed by atoms with Gasteiger partial charge in [-0.05, 0) is 16.8 Å². The largest absolute Gasteiger partial charge is 0.469 e. The number of rotatable bonds is 2. The Morgan fingerprint density at radius 3 is 2.89 bits per heavy atom. The van der Waals surface area contributed by atoms with Crippen molar-refractivity contribution in [1.29, 1.82) is 0 Å². The van der Waals surface area contributed by atoms with Crippen LogP contribution in [0.15, 0.2) is 47.1 Å². The maximum absolute atomic E-state index is 11.4. The molecule has 3 nitrogen and oxygen atoms in total.